The Hall–Kier alpha value is -2.56. The summed E-state index contributed by atoms with van der Waals surface area (Å²) in [4.78, 5) is 23.9. The number of rotatable bonds is 9. The third-order valence-electron chi connectivity index (χ3n) is 4.02. The van der Waals surface area contributed by atoms with Crippen molar-refractivity contribution in [2.45, 2.75) is 33.6 Å². The largest absolute Gasteiger partial charge is 0.494 e. The van der Waals surface area contributed by atoms with Gasteiger partial charge in [0.2, 0.25) is 0 Å². The highest BCUT2D eigenvalue weighted by Crippen LogP contribution is 2.22. The zero-order valence-electron chi connectivity index (χ0n) is 15.6. The number of benzene rings is 2. The third-order valence-corrected chi connectivity index (χ3v) is 4.02. The fourth-order valence-corrected chi connectivity index (χ4v) is 2.73. The first kappa shape index (κ1) is 19.8. The summed E-state index contributed by atoms with van der Waals surface area (Å²) in [5.41, 5.74) is 1.22. The molecule has 0 spiro atoms. The average Bonchev–Trinajstić information content (AvgIpc) is 2.62. The summed E-state index contributed by atoms with van der Waals surface area (Å²) in [7, 11) is 0. The van der Waals surface area contributed by atoms with Gasteiger partial charge in [0.25, 0.3) is 0 Å². The van der Waals surface area contributed by atoms with Crippen LogP contribution in [0.3, 0.4) is 0 Å². The lowest BCUT2D eigenvalue weighted by Crippen LogP contribution is -2.28. The van der Waals surface area contributed by atoms with Crippen molar-refractivity contribution < 1.29 is 23.8 Å². The minimum Gasteiger partial charge on any atom is -0.494 e. The molecule has 5 nitrogen and oxygen atoms in total. The van der Waals surface area contributed by atoms with E-state index in [4.69, 9.17) is 14.2 Å². The first-order valence-electron chi connectivity index (χ1n) is 9.01. The summed E-state index contributed by atoms with van der Waals surface area (Å²) < 4.78 is 15.7. The summed E-state index contributed by atoms with van der Waals surface area (Å²) in [6.07, 6.45) is 0.888. The minimum atomic E-state index is -0.891. The van der Waals surface area contributed by atoms with E-state index in [0.29, 0.717) is 19.4 Å². The number of aryl methyl sites for hydroxylation is 1. The summed E-state index contributed by atoms with van der Waals surface area (Å²) in [5.74, 6) is -1.19. The second kappa shape index (κ2) is 9.80. The Balaban J connectivity index is 1.89. The topological polar surface area (TPSA) is 61.8 Å². The zero-order chi connectivity index (χ0) is 18.9. The van der Waals surface area contributed by atoms with Crippen LogP contribution in [0.1, 0.15) is 32.3 Å². The molecule has 0 atom stereocenters. The molecule has 0 aliphatic carbocycles. The van der Waals surface area contributed by atoms with E-state index in [1.807, 2.05) is 18.2 Å². The van der Waals surface area contributed by atoms with Crippen LogP contribution in [0.5, 0.6) is 5.75 Å². The summed E-state index contributed by atoms with van der Waals surface area (Å²) >= 11 is 0. The van der Waals surface area contributed by atoms with Crippen molar-refractivity contribution in [1.29, 1.82) is 0 Å². The number of hydrogen-bond acceptors (Lipinski definition) is 5. The number of carbonyl (C=O) groups excluding carboxylic acids is 2. The van der Waals surface area contributed by atoms with E-state index in [1.165, 1.54) is 10.9 Å². The Bertz CT molecular complexity index is 735. The van der Waals surface area contributed by atoms with Gasteiger partial charge in [0, 0.05) is 0 Å². The van der Waals surface area contributed by atoms with Crippen molar-refractivity contribution in [3.63, 3.8) is 0 Å². The highest BCUT2D eigenvalue weighted by molar-refractivity contribution is 5.94. The van der Waals surface area contributed by atoms with E-state index >= 15 is 0 Å². The molecule has 0 aromatic heterocycles. The van der Waals surface area contributed by atoms with Gasteiger partial charge in [-0.2, -0.15) is 0 Å². The maximum absolute atomic E-state index is 11.9. The molecule has 2 aromatic carbocycles. The molecular formula is C21H26O5. The van der Waals surface area contributed by atoms with E-state index in [-0.39, 0.29) is 13.2 Å². The molecule has 2 rings (SSSR count). The Kier molecular flexibility index (Phi) is 7.45. The van der Waals surface area contributed by atoms with E-state index in [0.717, 1.165) is 11.1 Å². The number of carbonyl (C=O) groups is 2. The van der Waals surface area contributed by atoms with Gasteiger partial charge in [-0.3, -0.25) is 9.59 Å². The first-order chi connectivity index (χ1) is 12.5. The summed E-state index contributed by atoms with van der Waals surface area (Å²) in [6.45, 7) is 6.37. The number of fused-ring (bicyclic) bond motifs is 1. The van der Waals surface area contributed by atoms with Crippen LogP contribution >= 0.6 is 0 Å². The lowest BCUT2D eigenvalue weighted by atomic mass is 10.0. The van der Waals surface area contributed by atoms with Gasteiger partial charge in [-0.15, -0.1) is 0 Å². The fourth-order valence-electron chi connectivity index (χ4n) is 2.73. The average molecular weight is 358 g/mol. The zero-order valence-corrected chi connectivity index (χ0v) is 15.6. The molecule has 0 radical (unpaired) electrons. The number of esters is 2. The molecule has 2 aromatic rings. The van der Waals surface area contributed by atoms with Crippen LogP contribution in [-0.4, -0.2) is 31.8 Å². The Morgan fingerprint density at radius 2 is 1.54 bits per heavy atom. The van der Waals surface area contributed by atoms with Crippen LogP contribution in [0, 0.1) is 12.8 Å². The molecule has 0 amide bonds. The van der Waals surface area contributed by atoms with Crippen molar-refractivity contribution >= 4 is 22.7 Å². The first-order valence-corrected chi connectivity index (χ1v) is 9.01. The molecule has 0 unspecified atom stereocenters. The van der Waals surface area contributed by atoms with E-state index < -0.39 is 17.9 Å². The van der Waals surface area contributed by atoms with Crippen molar-refractivity contribution in [1.82, 2.24) is 0 Å². The van der Waals surface area contributed by atoms with Gasteiger partial charge in [0.05, 0.1) is 19.8 Å². The predicted molar refractivity (Wildman–Crippen MR) is 100 cm³/mol. The minimum absolute atomic E-state index is 0.238. The molecule has 0 saturated heterocycles. The molecule has 0 heterocycles. The van der Waals surface area contributed by atoms with Gasteiger partial charge in [0.15, 0.2) is 5.92 Å². The number of hydrogen-bond donors (Lipinski definition) is 0. The maximum Gasteiger partial charge on any atom is 0.320 e. The van der Waals surface area contributed by atoms with Gasteiger partial charge in [-0.05, 0) is 56.5 Å². The molecule has 26 heavy (non-hydrogen) atoms. The molecule has 0 aliphatic heterocycles. The molecule has 0 aliphatic rings. The van der Waals surface area contributed by atoms with Gasteiger partial charge < -0.3 is 14.2 Å². The Morgan fingerprint density at radius 3 is 2.19 bits per heavy atom. The van der Waals surface area contributed by atoms with Crippen LogP contribution in [0.4, 0.5) is 0 Å². The Morgan fingerprint density at radius 1 is 0.923 bits per heavy atom. The van der Waals surface area contributed by atoms with E-state index in [1.54, 1.807) is 13.8 Å². The standard InChI is InChI=1S/C21H26O5/c1-4-24-20(22)19(21(23)25-5-2)7-6-12-26-18-11-10-16-13-15(3)8-9-17(16)14-18/h8-11,13-14,19H,4-7,12H2,1-3H3. The van der Waals surface area contributed by atoms with Gasteiger partial charge in [0.1, 0.15) is 5.75 Å². The fraction of sp³-hybridized carbons (Fsp3) is 0.429. The SMILES string of the molecule is CCOC(=O)C(CCCOc1ccc2cc(C)ccc2c1)C(=O)OCC. The lowest BCUT2D eigenvalue weighted by Gasteiger charge is -2.14. The normalized spacial score (nSPS) is 10.8. The molecule has 140 valence electrons. The van der Waals surface area contributed by atoms with Crippen molar-refractivity contribution in [3.8, 4) is 5.75 Å². The smallest absolute Gasteiger partial charge is 0.320 e. The molecular weight excluding hydrogens is 332 g/mol. The summed E-state index contributed by atoms with van der Waals surface area (Å²) in [5, 5.41) is 2.28. The lowest BCUT2D eigenvalue weighted by molar-refractivity contribution is -0.162. The number of ether oxygens (including phenoxy) is 3. The van der Waals surface area contributed by atoms with Crippen molar-refractivity contribution in [3.05, 3.63) is 42.0 Å². The van der Waals surface area contributed by atoms with Gasteiger partial charge >= 0.3 is 11.9 Å². The van der Waals surface area contributed by atoms with Crippen LogP contribution in [0.25, 0.3) is 10.8 Å². The highest BCUT2D eigenvalue weighted by Gasteiger charge is 2.28. The van der Waals surface area contributed by atoms with Crippen LogP contribution in [0.2, 0.25) is 0 Å². The van der Waals surface area contributed by atoms with Crippen LogP contribution in [0.15, 0.2) is 36.4 Å². The predicted octanol–water partition coefficient (Wildman–Crippen LogP) is 4.05. The molecule has 0 saturated carbocycles. The van der Waals surface area contributed by atoms with Gasteiger partial charge in [-0.25, -0.2) is 0 Å². The van der Waals surface area contributed by atoms with Crippen LogP contribution < -0.4 is 4.74 Å². The molecule has 5 heteroatoms. The Labute approximate surface area is 154 Å². The monoisotopic (exact) mass is 358 g/mol. The van der Waals surface area contributed by atoms with Crippen molar-refractivity contribution in [2.24, 2.45) is 5.92 Å². The van der Waals surface area contributed by atoms with Crippen molar-refractivity contribution in [2.75, 3.05) is 19.8 Å². The van der Waals surface area contributed by atoms with E-state index in [2.05, 4.69) is 25.1 Å². The van der Waals surface area contributed by atoms with Gasteiger partial charge in [-0.1, -0.05) is 29.8 Å². The van der Waals surface area contributed by atoms with E-state index in [9.17, 15) is 9.59 Å². The second-order valence-corrected chi connectivity index (χ2v) is 6.06. The molecule has 0 N–H and O–H groups in total. The third kappa shape index (κ3) is 5.48. The highest BCUT2D eigenvalue weighted by atomic mass is 16.6. The second-order valence-electron chi connectivity index (χ2n) is 6.06. The quantitative estimate of drug-likeness (QED) is 0.384. The molecule has 0 fully saturated rings. The summed E-state index contributed by atoms with van der Waals surface area (Å²) in [6, 6.07) is 12.2. The molecule has 0 bridgehead atoms. The van der Waals surface area contributed by atoms with Crippen LogP contribution in [-0.2, 0) is 19.1 Å². The maximum atomic E-state index is 11.9.